The van der Waals surface area contributed by atoms with Crippen molar-refractivity contribution in [1.29, 1.82) is 0 Å². The molecule has 1 heterocycles. The number of pyridine rings is 1. The highest BCUT2D eigenvalue weighted by molar-refractivity contribution is 5.84. The van der Waals surface area contributed by atoms with Gasteiger partial charge in [-0.1, -0.05) is 13.0 Å². The zero-order valence-electron chi connectivity index (χ0n) is 11.3. The predicted molar refractivity (Wildman–Crippen MR) is 77.4 cm³/mol. The summed E-state index contributed by atoms with van der Waals surface area (Å²) in [5.74, 6) is 0.724. The van der Waals surface area contributed by atoms with Crippen molar-refractivity contribution in [1.82, 2.24) is 4.98 Å². The minimum Gasteiger partial charge on any atom is -0.394 e. The van der Waals surface area contributed by atoms with Crippen LogP contribution in [0.25, 0.3) is 10.9 Å². The Bertz CT molecular complexity index is 569. The molecule has 0 aliphatic heterocycles. The monoisotopic (exact) mass is 260 g/mol. The number of rotatable bonds is 5. The number of anilines is 1. The molecule has 2 rings (SSSR count). The molecule has 1 aromatic carbocycles. The number of benzene rings is 1. The van der Waals surface area contributed by atoms with Crippen LogP contribution in [0.5, 0.6) is 0 Å². The Hall–Kier alpha value is -1.65. The largest absolute Gasteiger partial charge is 0.394 e. The fourth-order valence-electron chi connectivity index (χ4n) is 2.04. The first-order valence-electron chi connectivity index (χ1n) is 6.57. The molecule has 0 saturated carbocycles. The van der Waals surface area contributed by atoms with Crippen LogP contribution in [0.2, 0.25) is 0 Å². The smallest absolute Gasteiger partial charge is 0.127 e. The molecule has 0 unspecified atom stereocenters. The highest BCUT2D eigenvalue weighted by Gasteiger charge is 2.06. The molecule has 3 N–H and O–H groups in total. The van der Waals surface area contributed by atoms with E-state index in [4.69, 9.17) is 5.11 Å². The van der Waals surface area contributed by atoms with Gasteiger partial charge in [0, 0.05) is 11.9 Å². The van der Waals surface area contributed by atoms with E-state index in [-0.39, 0.29) is 6.61 Å². The van der Waals surface area contributed by atoms with Crippen LogP contribution in [-0.4, -0.2) is 34.5 Å². The van der Waals surface area contributed by atoms with Gasteiger partial charge in [0.05, 0.1) is 18.2 Å². The third kappa shape index (κ3) is 3.22. The van der Waals surface area contributed by atoms with E-state index in [1.54, 1.807) is 0 Å². The summed E-state index contributed by atoms with van der Waals surface area (Å²) in [5, 5.41) is 22.3. The van der Waals surface area contributed by atoms with E-state index in [1.165, 1.54) is 5.56 Å². The maximum Gasteiger partial charge on any atom is 0.127 e. The molecule has 1 atom stereocenters. The number of aliphatic hydroxyl groups excluding tert-OH is 2. The second kappa shape index (κ2) is 5.99. The number of hydrogen-bond donors (Lipinski definition) is 3. The van der Waals surface area contributed by atoms with Gasteiger partial charge >= 0.3 is 0 Å². The average Bonchev–Trinajstić information content (AvgIpc) is 2.44. The number of fused-ring (bicyclic) bond motifs is 1. The second-order valence-electron chi connectivity index (χ2n) is 4.75. The molecular weight excluding hydrogens is 240 g/mol. The molecule has 102 valence electrons. The summed E-state index contributed by atoms with van der Waals surface area (Å²) in [6.07, 6.45) is 0.248. The lowest BCUT2D eigenvalue weighted by Gasteiger charge is -2.12. The van der Waals surface area contributed by atoms with Crippen molar-refractivity contribution in [2.45, 2.75) is 26.4 Å². The van der Waals surface area contributed by atoms with Crippen LogP contribution in [0, 0.1) is 6.92 Å². The van der Waals surface area contributed by atoms with Gasteiger partial charge in [0.15, 0.2) is 0 Å². The molecule has 0 amide bonds. The first-order valence-corrected chi connectivity index (χ1v) is 6.57. The number of nitrogens with zero attached hydrogens (tertiary/aromatic N) is 1. The van der Waals surface area contributed by atoms with E-state index in [9.17, 15) is 5.11 Å². The van der Waals surface area contributed by atoms with Crippen molar-refractivity contribution < 1.29 is 10.2 Å². The Morgan fingerprint density at radius 2 is 2.11 bits per heavy atom. The number of aromatic nitrogens is 1. The lowest BCUT2D eigenvalue weighted by molar-refractivity contribution is 0.105. The van der Waals surface area contributed by atoms with Crippen molar-refractivity contribution in [3.05, 3.63) is 35.4 Å². The van der Waals surface area contributed by atoms with E-state index in [1.807, 2.05) is 12.1 Å². The maximum absolute atomic E-state index is 9.33. The molecule has 2 aromatic rings. The quantitative estimate of drug-likeness (QED) is 0.768. The average molecular weight is 260 g/mol. The van der Waals surface area contributed by atoms with Gasteiger partial charge in [0.25, 0.3) is 0 Å². The summed E-state index contributed by atoms with van der Waals surface area (Å²) < 4.78 is 0. The lowest BCUT2D eigenvalue weighted by atomic mass is 10.1. The molecule has 0 bridgehead atoms. The highest BCUT2D eigenvalue weighted by atomic mass is 16.3. The van der Waals surface area contributed by atoms with Crippen LogP contribution in [0.15, 0.2) is 24.3 Å². The SMILES string of the molecule is CCc1ccc2nc(NC[C@@H](O)CO)cc(C)c2c1. The molecule has 1 aromatic heterocycles. The van der Waals surface area contributed by atoms with Gasteiger partial charge in [-0.3, -0.25) is 0 Å². The molecule has 0 aliphatic rings. The Morgan fingerprint density at radius 1 is 1.32 bits per heavy atom. The van der Waals surface area contributed by atoms with E-state index in [0.717, 1.165) is 28.7 Å². The van der Waals surface area contributed by atoms with Crippen molar-refractivity contribution in [2.75, 3.05) is 18.5 Å². The molecule has 0 fully saturated rings. The van der Waals surface area contributed by atoms with Gasteiger partial charge < -0.3 is 15.5 Å². The minimum absolute atomic E-state index is 0.251. The summed E-state index contributed by atoms with van der Waals surface area (Å²) in [6, 6.07) is 8.24. The predicted octanol–water partition coefficient (Wildman–Crippen LogP) is 1.87. The summed E-state index contributed by atoms with van der Waals surface area (Å²) in [5.41, 5.74) is 3.40. The van der Waals surface area contributed by atoms with Crippen LogP contribution in [0.4, 0.5) is 5.82 Å². The molecule has 0 saturated heterocycles. The maximum atomic E-state index is 9.33. The third-order valence-corrected chi connectivity index (χ3v) is 3.22. The van der Waals surface area contributed by atoms with Crippen LogP contribution >= 0.6 is 0 Å². The van der Waals surface area contributed by atoms with E-state index >= 15 is 0 Å². The minimum atomic E-state index is -0.764. The summed E-state index contributed by atoms with van der Waals surface area (Å²) in [6.45, 7) is 4.23. The van der Waals surface area contributed by atoms with Crippen molar-refractivity contribution in [3.8, 4) is 0 Å². The normalized spacial score (nSPS) is 12.6. The number of hydrogen-bond acceptors (Lipinski definition) is 4. The van der Waals surface area contributed by atoms with Crippen molar-refractivity contribution in [2.24, 2.45) is 0 Å². The molecule has 19 heavy (non-hydrogen) atoms. The Kier molecular flexibility index (Phi) is 4.35. The van der Waals surface area contributed by atoms with Crippen molar-refractivity contribution >= 4 is 16.7 Å². The second-order valence-corrected chi connectivity index (χ2v) is 4.75. The number of nitrogens with one attached hydrogen (secondary N) is 1. The zero-order chi connectivity index (χ0) is 13.8. The van der Waals surface area contributed by atoms with Gasteiger partial charge in [-0.2, -0.15) is 0 Å². The zero-order valence-corrected chi connectivity index (χ0v) is 11.3. The van der Waals surface area contributed by atoms with E-state index in [0.29, 0.717) is 6.54 Å². The highest BCUT2D eigenvalue weighted by Crippen LogP contribution is 2.21. The molecule has 4 nitrogen and oxygen atoms in total. The van der Waals surface area contributed by atoms with Crippen molar-refractivity contribution in [3.63, 3.8) is 0 Å². The molecule has 0 aliphatic carbocycles. The van der Waals surface area contributed by atoms with E-state index in [2.05, 4.69) is 36.3 Å². The number of aliphatic hydroxyl groups is 2. The molecule has 4 heteroatoms. The first kappa shape index (κ1) is 13.8. The van der Waals surface area contributed by atoms with Crippen LogP contribution in [0.1, 0.15) is 18.1 Å². The number of aryl methyl sites for hydroxylation is 2. The van der Waals surface area contributed by atoms with Gasteiger partial charge in [0.1, 0.15) is 5.82 Å². The van der Waals surface area contributed by atoms with Crippen LogP contribution < -0.4 is 5.32 Å². The first-order chi connectivity index (χ1) is 9.13. The molecular formula is C15H20N2O2. The van der Waals surface area contributed by atoms with Gasteiger partial charge in [-0.15, -0.1) is 0 Å². The summed E-state index contributed by atoms with van der Waals surface area (Å²) in [4.78, 5) is 4.51. The van der Waals surface area contributed by atoms with Gasteiger partial charge in [0.2, 0.25) is 0 Å². The fourth-order valence-corrected chi connectivity index (χ4v) is 2.04. The topological polar surface area (TPSA) is 65.4 Å². The van der Waals surface area contributed by atoms with Gasteiger partial charge in [-0.05, 0) is 42.7 Å². The third-order valence-electron chi connectivity index (χ3n) is 3.22. The Labute approximate surface area is 113 Å². The Morgan fingerprint density at radius 3 is 2.79 bits per heavy atom. The lowest BCUT2D eigenvalue weighted by Crippen LogP contribution is -2.23. The fraction of sp³-hybridized carbons (Fsp3) is 0.400. The van der Waals surface area contributed by atoms with Crippen LogP contribution in [0.3, 0.4) is 0 Å². The van der Waals surface area contributed by atoms with Gasteiger partial charge in [-0.25, -0.2) is 4.98 Å². The summed E-state index contributed by atoms with van der Waals surface area (Å²) >= 11 is 0. The molecule has 0 spiro atoms. The van der Waals surface area contributed by atoms with Crippen LogP contribution in [-0.2, 0) is 6.42 Å². The Balaban J connectivity index is 2.29. The molecule has 0 radical (unpaired) electrons. The van der Waals surface area contributed by atoms with E-state index < -0.39 is 6.10 Å². The summed E-state index contributed by atoms with van der Waals surface area (Å²) in [7, 11) is 0. The standard InChI is InChI=1S/C15H20N2O2/c1-3-11-4-5-14-13(7-11)10(2)6-15(17-14)16-8-12(19)9-18/h4-7,12,18-19H,3,8-9H2,1-2H3,(H,16,17)/t12-/m1/s1.